The molecule has 0 rings (SSSR count). The van der Waals surface area contributed by atoms with E-state index >= 15 is 0 Å². The van der Waals surface area contributed by atoms with Crippen LogP contribution in [0.5, 0.6) is 0 Å². The van der Waals surface area contributed by atoms with Crippen molar-refractivity contribution in [1.29, 1.82) is 0 Å². The topological polar surface area (TPSA) is 237 Å². The van der Waals surface area contributed by atoms with Gasteiger partial charge in [0.1, 0.15) is 19.3 Å². The minimum atomic E-state index is -4.95. The molecule has 0 aromatic rings. The number of hydrogen-bond acceptors (Lipinski definition) is 15. The zero-order valence-corrected chi connectivity index (χ0v) is 57.4. The van der Waals surface area contributed by atoms with Gasteiger partial charge in [-0.2, -0.15) is 0 Å². The van der Waals surface area contributed by atoms with E-state index in [9.17, 15) is 43.2 Å². The molecular formula is C67H130O17P2. The summed E-state index contributed by atoms with van der Waals surface area (Å²) in [5.74, 6) is -0.669. The van der Waals surface area contributed by atoms with E-state index in [-0.39, 0.29) is 25.7 Å². The van der Waals surface area contributed by atoms with Crippen molar-refractivity contribution < 1.29 is 80.2 Å². The number of esters is 4. The molecule has 0 radical (unpaired) electrons. The van der Waals surface area contributed by atoms with Gasteiger partial charge in [0.05, 0.1) is 26.4 Å². The first-order chi connectivity index (χ1) is 41.4. The highest BCUT2D eigenvalue weighted by Gasteiger charge is 2.30. The van der Waals surface area contributed by atoms with Gasteiger partial charge in [-0.25, -0.2) is 9.13 Å². The Morgan fingerprint density at radius 1 is 0.314 bits per heavy atom. The third-order valence-electron chi connectivity index (χ3n) is 15.5. The summed E-state index contributed by atoms with van der Waals surface area (Å²) in [6.45, 7) is 9.45. The molecule has 0 amide bonds. The first-order valence-corrected chi connectivity index (χ1v) is 38.0. The number of aliphatic hydroxyl groups excluding tert-OH is 1. The highest BCUT2D eigenvalue weighted by molar-refractivity contribution is 7.47. The highest BCUT2D eigenvalue weighted by Crippen LogP contribution is 2.45. The Kier molecular flexibility index (Phi) is 58.0. The molecule has 0 aromatic heterocycles. The fourth-order valence-electron chi connectivity index (χ4n) is 10.1. The van der Waals surface area contributed by atoms with Crippen molar-refractivity contribution in [2.45, 2.75) is 355 Å². The molecule has 0 aliphatic rings. The zero-order chi connectivity index (χ0) is 63.6. The molecule has 510 valence electrons. The Hall–Kier alpha value is -1.94. The number of ether oxygens (including phenoxy) is 4. The Bertz CT molecular complexity index is 1680. The number of aliphatic hydroxyl groups is 1. The smallest absolute Gasteiger partial charge is 0.462 e. The van der Waals surface area contributed by atoms with Crippen molar-refractivity contribution in [3.05, 3.63) is 0 Å². The van der Waals surface area contributed by atoms with Crippen molar-refractivity contribution in [3.63, 3.8) is 0 Å². The van der Waals surface area contributed by atoms with E-state index in [4.69, 9.17) is 37.0 Å². The summed E-state index contributed by atoms with van der Waals surface area (Å²) >= 11 is 0. The molecule has 3 N–H and O–H groups in total. The second-order valence-corrected chi connectivity index (χ2v) is 28.1. The molecule has 0 aliphatic carbocycles. The Labute approximate surface area is 524 Å². The molecule has 17 nitrogen and oxygen atoms in total. The van der Waals surface area contributed by atoms with Crippen LogP contribution in [0, 0.1) is 11.8 Å². The number of unbranched alkanes of at least 4 members (excludes halogenated alkanes) is 36. The van der Waals surface area contributed by atoms with Gasteiger partial charge in [0.15, 0.2) is 12.2 Å². The summed E-state index contributed by atoms with van der Waals surface area (Å²) in [4.78, 5) is 72.3. The Balaban J connectivity index is 5.24. The van der Waals surface area contributed by atoms with Crippen LogP contribution in [0.3, 0.4) is 0 Å². The van der Waals surface area contributed by atoms with E-state index in [0.29, 0.717) is 31.6 Å². The summed E-state index contributed by atoms with van der Waals surface area (Å²) in [7, 11) is -9.89. The number of phosphoric acid groups is 2. The van der Waals surface area contributed by atoms with Crippen LogP contribution in [0.4, 0.5) is 0 Å². The average molecular weight is 1270 g/mol. The molecule has 19 heteroatoms. The largest absolute Gasteiger partial charge is 0.472 e. The minimum Gasteiger partial charge on any atom is -0.462 e. The van der Waals surface area contributed by atoms with Crippen LogP contribution in [0.2, 0.25) is 0 Å². The summed E-state index contributed by atoms with van der Waals surface area (Å²) < 4.78 is 68.1. The molecule has 0 aliphatic heterocycles. The van der Waals surface area contributed by atoms with Gasteiger partial charge < -0.3 is 33.8 Å². The van der Waals surface area contributed by atoms with Crippen LogP contribution < -0.4 is 0 Å². The first kappa shape index (κ1) is 84.1. The van der Waals surface area contributed by atoms with Crippen LogP contribution in [-0.4, -0.2) is 96.7 Å². The maximum absolute atomic E-state index is 13.0. The number of hydrogen-bond donors (Lipinski definition) is 3. The second-order valence-electron chi connectivity index (χ2n) is 25.2. The van der Waals surface area contributed by atoms with Crippen LogP contribution in [0.1, 0.15) is 337 Å². The average Bonchev–Trinajstić information content (AvgIpc) is 3.66. The van der Waals surface area contributed by atoms with Crippen LogP contribution in [0.15, 0.2) is 0 Å². The Morgan fingerprint density at radius 3 is 0.791 bits per heavy atom. The van der Waals surface area contributed by atoms with Gasteiger partial charge in [-0.3, -0.25) is 37.3 Å². The van der Waals surface area contributed by atoms with Crippen molar-refractivity contribution in [2.24, 2.45) is 11.8 Å². The molecule has 5 atom stereocenters. The van der Waals surface area contributed by atoms with Crippen molar-refractivity contribution in [1.82, 2.24) is 0 Å². The van der Waals surface area contributed by atoms with Crippen LogP contribution in [-0.2, 0) is 65.4 Å². The van der Waals surface area contributed by atoms with Gasteiger partial charge in [0, 0.05) is 25.7 Å². The quantitative estimate of drug-likeness (QED) is 0.0222. The molecule has 2 unspecified atom stereocenters. The lowest BCUT2D eigenvalue weighted by molar-refractivity contribution is -0.161. The van der Waals surface area contributed by atoms with Gasteiger partial charge in [0.25, 0.3) is 0 Å². The first-order valence-electron chi connectivity index (χ1n) is 35.0. The lowest BCUT2D eigenvalue weighted by Crippen LogP contribution is -2.30. The molecule has 0 saturated carbocycles. The molecule has 0 saturated heterocycles. The maximum atomic E-state index is 13.0. The number of rotatable bonds is 66. The monoisotopic (exact) mass is 1270 g/mol. The lowest BCUT2D eigenvalue weighted by Gasteiger charge is -2.21. The van der Waals surface area contributed by atoms with E-state index in [0.717, 1.165) is 95.8 Å². The number of carbonyl (C=O) groups is 4. The second kappa shape index (κ2) is 59.4. The van der Waals surface area contributed by atoms with Crippen molar-refractivity contribution >= 4 is 39.5 Å². The van der Waals surface area contributed by atoms with Gasteiger partial charge in [-0.15, -0.1) is 0 Å². The summed E-state index contributed by atoms with van der Waals surface area (Å²) in [5.41, 5.74) is 0. The normalized spacial score (nSPS) is 14.2. The third-order valence-corrected chi connectivity index (χ3v) is 17.4. The lowest BCUT2D eigenvalue weighted by atomic mass is 10.0. The third kappa shape index (κ3) is 60.9. The molecular weight excluding hydrogens is 1140 g/mol. The molecule has 0 fully saturated rings. The fraction of sp³-hybridized carbons (Fsp3) is 0.940. The molecule has 0 spiro atoms. The van der Waals surface area contributed by atoms with E-state index in [1.165, 1.54) is 154 Å². The van der Waals surface area contributed by atoms with Crippen LogP contribution >= 0.6 is 15.6 Å². The van der Waals surface area contributed by atoms with E-state index in [1.807, 2.05) is 0 Å². The summed E-state index contributed by atoms with van der Waals surface area (Å²) in [6, 6.07) is 0. The molecule has 0 heterocycles. The maximum Gasteiger partial charge on any atom is 0.472 e. The summed E-state index contributed by atoms with van der Waals surface area (Å²) in [6.07, 6.45) is 43.1. The van der Waals surface area contributed by atoms with Gasteiger partial charge in [-0.05, 0) is 37.5 Å². The number of phosphoric ester groups is 2. The van der Waals surface area contributed by atoms with Gasteiger partial charge in [0.2, 0.25) is 0 Å². The molecule has 86 heavy (non-hydrogen) atoms. The minimum absolute atomic E-state index is 0.103. The summed E-state index contributed by atoms with van der Waals surface area (Å²) in [5, 5.41) is 10.6. The van der Waals surface area contributed by atoms with Crippen molar-refractivity contribution in [2.75, 3.05) is 39.6 Å². The Morgan fingerprint density at radius 2 is 0.535 bits per heavy atom. The van der Waals surface area contributed by atoms with E-state index in [1.54, 1.807) is 0 Å². The number of carbonyl (C=O) groups excluding carboxylic acids is 4. The standard InChI is InChI=1S/C67H130O17P2/c1-7-9-11-13-15-17-18-19-22-26-32-38-44-50-65(70)78-55-62(83-66(71)51-45-39-33-27-23-20-21-25-29-35-41-47-59(3)4)57-81-85(73,74)79-53-61(68)54-80-86(75,76)82-58-63(56-77-64(69)49-43-37-31-24-16-14-12-10-8-2)84-67(72)52-46-40-34-28-30-36-42-48-60(5)6/h59-63,68H,7-58H2,1-6H3,(H,73,74)(H,75,76)/t61-,62-,63-/m1/s1. The van der Waals surface area contributed by atoms with Crippen LogP contribution in [0.25, 0.3) is 0 Å². The predicted octanol–water partition coefficient (Wildman–Crippen LogP) is 18.8. The SMILES string of the molecule is CCCCCCCCCCCCCCCC(=O)OC[C@H](COP(=O)(O)OC[C@@H](O)COP(=O)(O)OC[C@@H](COC(=O)CCCCCCCCCCC)OC(=O)CCCCCCCCCC(C)C)OC(=O)CCCCCCCCCCCCCC(C)C. The van der Waals surface area contributed by atoms with E-state index < -0.39 is 97.5 Å². The van der Waals surface area contributed by atoms with Gasteiger partial charge >= 0.3 is 39.5 Å². The van der Waals surface area contributed by atoms with Crippen molar-refractivity contribution in [3.8, 4) is 0 Å². The fourth-order valence-corrected chi connectivity index (χ4v) is 11.6. The van der Waals surface area contributed by atoms with E-state index in [2.05, 4.69) is 41.5 Å². The molecule has 0 aromatic carbocycles. The van der Waals surface area contributed by atoms with Gasteiger partial charge in [-0.1, -0.05) is 286 Å². The zero-order valence-electron chi connectivity index (χ0n) is 55.6. The molecule has 0 bridgehead atoms. The predicted molar refractivity (Wildman–Crippen MR) is 345 cm³/mol. The highest BCUT2D eigenvalue weighted by atomic mass is 31.2.